The van der Waals surface area contributed by atoms with Gasteiger partial charge in [0, 0.05) is 6.54 Å². The van der Waals surface area contributed by atoms with Crippen LogP contribution in [0.5, 0.6) is 5.75 Å². The fourth-order valence-corrected chi connectivity index (χ4v) is 2.54. The fraction of sp³-hybridized carbons (Fsp3) is 0.667. The quantitative estimate of drug-likeness (QED) is 0.509. The smallest absolute Gasteiger partial charge is 0.137 e. The maximum absolute atomic E-state index is 6.25. The number of hydrogen-bond donors (Lipinski definition) is 1. The van der Waals surface area contributed by atoms with Gasteiger partial charge in [-0.05, 0) is 30.7 Å². The van der Waals surface area contributed by atoms with Crippen LogP contribution in [0.4, 0.5) is 0 Å². The monoisotopic (exact) mass is 311 g/mol. The van der Waals surface area contributed by atoms with Crippen LogP contribution in [0.15, 0.2) is 18.2 Å². The van der Waals surface area contributed by atoms with Crippen molar-refractivity contribution < 1.29 is 4.74 Å². The van der Waals surface area contributed by atoms with Crippen molar-refractivity contribution in [2.45, 2.75) is 65.3 Å². The topological polar surface area (TPSA) is 21.3 Å². The summed E-state index contributed by atoms with van der Waals surface area (Å²) in [6, 6.07) is 6.05. The molecule has 1 aromatic carbocycles. The zero-order chi connectivity index (χ0) is 15.3. The Morgan fingerprint density at radius 3 is 2.38 bits per heavy atom. The van der Waals surface area contributed by atoms with Gasteiger partial charge in [0.05, 0.1) is 11.6 Å². The molecule has 120 valence electrons. The lowest BCUT2D eigenvalue weighted by Crippen LogP contribution is -2.11. The van der Waals surface area contributed by atoms with Crippen LogP contribution in [0.2, 0.25) is 5.02 Å². The standard InChI is InChI=1S/C18H30ClNO/c1-3-5-6-7-8-9-10-13-21-18-12-11-16(14-17(18)19)15-20-4-2/h11-12,14,20H,3-10,13,15H2,1-2H3. The van der Waals surface area contributed by atoms with Gasteiger partial charge in [0.25, 0.3) is 0 Å². The molecule has 3 heteroatoms. The average molecular weight is 312 g/mol. The third kappa shape index (κ3) is 8.33. The number of benzene rings is 1. The normalized spacial score (nSPS) is 10.8. The number of halogens is 1. The minimum atomic E-state index is 0.716. The maximum Gasteiger partial charge on any atom is 0.137 e. The van der Waals surface area contributed by atoms with Gasteiger partial charge in [-0.15, -0.1) is 0 Å². The minimum absolute atomic E-state index is 0.716. The summed E-state index contributed by atoms with van der Waals surface area (Å²) < 4.78 is 5.77. The first kappa shape index (κ1) is 18.3. The molecule has 0 radical (unpaired) electrons. The molecule has 1 aromatic rings. The molecule has 0 fully saturated rings. The molecule has 0 amide bonds. The van der Waals surface area contributed by atoms with Crippen molar-refractivity contribution in [3.63, 3.8) is 0 Å². The molecule has 21 heavy (non-hydrogen) atoms. The summed E-state index contributed by atoms with van der Waals surface area (Å²) in [5.74, 6) is 0.808. The van der Waals surface area contributed by atoms with Gasteiger partial charge in [-0.2, -0.15) is 0 Å². The molecule has 0 aliphatic rings. The van der Waals surface area contributed by atoms with E-state index in [4.69, 9.17) is 16.3 Å². The van der Waals surface area contributed by atoms with E-state index in [1.54, 1.807) is 0 Å². The average Bonchev–Trinajstić information content (AvgIpc) is 2.49. The summed E-state index contributed by atoms with van der Waals surface area (Å²) in [6.07, 6.45) is 9.08. The number of rotatable bonds is 12. The third-order valence-corrected chi connectivity index (χ3v) is 3.88. The molecule has 2 nitrogen and oxygen atoms in total. The van der Waals surface area contributed by atoms with Crippen molar-refractivity contribution in [2.24, 2.45) is 0 Å². The molecule has 0 unspecified atom stereocenters. The van der Waals surface area contributed by atoms with Gasteiger partial charge < -0.3 is 10.1 Å². The van der Waals surface area contributed by atoms with Crippen LogP contribution in [-0.4, -0.2) is 13.2 Å². The van der Waals surface area contributed by atoms with Gasteiger partial charge in [0.1, 0.15) is 5.75 Å². The van der Waals surface area contributed by atoms with Crippen LogP contribution in [-0.2, 0) is 6.54 Å². The Bertz CT molecular complexity index is 381. The van der Waals surface area contributed by atoms with E-state index in [0.29, 0.717) is 5.02 Å². The van der Waals surface area contributed by atoms with Crippen LogP contribution < -0.4 is 10.1 Å². The van der Waals surface area contributed by atoms with E-state index < -0.39 is 0 Å². The first-order valence-corrected chi connectivity index (χ1v) is 8.77. The first-order chi connectivity index (χ1) is 10.3. The molecule has 1 rings (SSSR count). The molecule has 0 aromatic heterocycles. The van der Waals surface area contributed by atoms with Crippen molar-refractivity contribution in [3.05, 3.63) is 28.8 Å². The Morgan fingerprint density at radius 1 is 1.00 bits per heavy atom. The molecular formula is C18H30ClNO. The van der Waals surface area contributed by atoms with Gasteiger partial charge in [-0.25, -0.2) is 0 Å². The van der Waals surface area contributed by atoms with Crippen molar-refractivity contribution in [1.29, 1.82) is 0 Å². The van der Waals surface area contributed by atoms with E-state index in [9.17, 15) is 0 Å². The minimum Gasteiger partial charge on any atom is -0.492 e. The molecule has 0 atom stereocenters. The summed E-state index contributed by atoms with van der Waals surface area (Å²) >= 11 is 6.25. The largest absolute Gasteiger partial charge is 0.492 e. The van der Waals surface area contributed by atoms with E-state index in [1.165, 1.54) is 44.1 Å². The lowest BCUT2D eigenvalue weighted by molar-refractivity contribution is 0.304. The Kier molecular flexibility index (Phi) is 10.4. The molecule has 0 saturated carbocycles. The molecule has 0 saturated heterocycles. The predicted octanol–water partition coefficient (Wildman–Crippen LogP) is 5.58. The molecule has 0 aliphatic carbocycles. The van der Waals surface area contributed by atoms with Crippen molar-refractivity contribution in [2.75, 3.05) is 13.2 Å². The van der Waals surface area contributed by atoms with Crippen molar-refractivity contribution >= 4 is 11.6 Å². The Labute approximate surface area is 135 Å². The Hall–Kier alpha value is -0.730. The van der Waals surface area contributed by atoms with E-state index in [1.807, 2.05) is 12.1 Å². The third-order valence-electron chi connectivity index (χ3n) is 3.58. The lowest BCUT2D eigenvalue weighted by Gasteiger charge is -2.10. The van der Waals surface area contributed by atoms with Crippen molar-refractivity contribution in [1.82, 2.24) is 5.32 Å². The number of nitrogens with one attached hydrogen (secondary N) is 1. The van der Waals surface area contributed by atoms with Gasteiger partial charge in [-0.3, -0.25) is 0 Å². The van der Waals surface area contributed by atoms with Crippen LogP contribution in [0.3, 0.4) is 0 Å². The highest BCUT2D eigenvalue weighted by Crippen LogP contribution is 2.25. The van der Waals surface area contributed by atoms with Gasteiger partial charge in [0.15, 0.2) is 0 Å². The summed E-state index contributed by atoms with van der Waals surface area (Å²) in [6.45, 7) is 6.94. The van der Waals surface area contributed by atoms with E-state index in [-0.39, 0.29) is 0 Å². The second-order valence-electron chi connectivity index (χ2n) is 5.51. The lowest BCUT2D eigenvalue weighted by atomic mass is 10.1. The number of ether oxygens (including phenoxy) is 1. The van der Waals surface area contributed by atoms with Crippen LogP contribution in [0.1, 0.15) is 64.4 Å². The highest BCUT2D eigenvalue weighted by atomic mass is 35.5. The van der Waals surface area contributed by atoms with Crippen LogP contribution in [0.25, 0.3) is 0 Å². The molecular weight excluding hydrogens is 282 g/mol. The van der Waals surface area contributed by atoms with Crippen molar-refractivity contribution in [3.8, 4) is 5.75 Å². The second-order valence-corrected chi connectivity index (χ2v) is 5.92. The predicted molar refractivity (Wildman–Crippen MR) is 92.3 cm³/mol. The second kappa shape index (κ2) is 11.9. The maximum atomic E-state index is 6.25. The Balaban J connectivity index is 2.17. The zero-order valence-electron chi connectivity index (χ0n) is 13.6. The van der Waals surface area contributed by atoms with Gasteiger partial charge >= 0.3 is 0 Å². The zero-order valence-corrected chi connectivity index (χ0v) is 14.3. The SMILES string of the molecule is CCCCCCCCCOc1ccc(CNCC)cc1Cl. The first-order valence-electron chi connectivity index (χ1n) is 8.39. The van der Waals surface area contributed by atoms with E-state index >= 15 is 0 Å². The van der Waals surface area contributed by atoms with E-state index in [2.05, 4.69) is 25.2 Å². The van der Waals surface area contributed by atoms with Gasteiger partial charge in [0.2, 0.25) is 0 Å². The summed E-state index contributed by atoms with van der Waals surface area (Å²) in [7, 11) is 0. The highest BCUT2D eigenvalue weighted by molar-refractivity contribution is 6.32. The fourth-order valence-electron chi connectivity index (χ4n) is 2.28. The molecule has 0 spiro atoms. The molecule has 0 aliphatic heterocycles. The van der Waals surface area contributed by atoms with Crippen LogP contribution >= 0.6 is 11.6 Å². The molecule has 1 N–H and O–H groups in total. The molecule has 0 heterocycles. The number of unbranched alkanes of at least 4 members (excludes halogenated alkanes) is 6. The molecule has 0 bridgehead atoms. The Morgan fingerprint density at radius 2 is 1.71 bits per heavy atom. The summed E-state index contributed by atoms with van der Waals surface area (Å²) in [5.41, 5.74) is 1.20. The number of hydrogen-bond acceptors (Lipinski definition) is 2. The highest BCUT2D eigenvalue weighted by Gasteiger charge is 2.03. The van der Waals surface area contributed by atoms with Crippen LogP contribution in [0, 0.1) is 0 Å². The van der Waals surface area contributed by atoms with E-state index in [0.717, 1.165) is 31.9 Å². The van der Waals surface area contributed by atoms with Gasteiger partial charge in [-0.1, -0.05) is 70.0 Å². The summed E-state index contributed by atoms with van der Waals surface area (Å²) in [5, 5.41) is 4.01. The summed E-state index contributed by atoms with van der Waals surface area (Å²) in [4.78, 5) is 0.